The van der Waals surface area contributed by atoms with Crippen LogP contribution in [-0.2, 0) is 11.2 Å². The van der Waals surface area contributed by atoms with Crippen LogP contribution in [0.4, 0.5) is 0 Å². The van der Waals surface area contributed by atoms with Crippen molar-refractivity contribution in [2.75, 3.05) is 0 Å². The third-order valence-electron chi connectivity index (χ3n) is 3.10. The predicted molar refractivity (Wildman–Crippen MR) is 57.1 cm³/mol. The summed E-state index contributed by atoms with van der Waals surface area (Å²) >= 11 is 0. The number of rotatable bonds is 2. The first-order chi connectivity index (χ1) is 7.27. The van der Waals surface area contributed by atoms with Crippen LogP contribution in [0.15, 0.2) is 30.3 Å². The summed E-state index contributed by atoms with van der Waals surface area (Å²) in [7, 11) is 0. The zero-order chi connectivity index (χ0) is 10.7. The SMILES string of the molecule is N#CC1(Cc2ccccc2)CCCC1=O. The second-order valence-electron chi connectivity index (χ2n) is 4.13. The minimum absolute atomic E-state index is 0.119. The largest absolute Gasteiger partial charge is 0.298 e. The zero-order valence-electron chi connectivity index (χ0n) is 8.57. The Balaban J connectivity index is 2.24. The molecular weight excluding hydrogens is 186 g/mol. The van der Waals surface area contributed by atoms with Gasteiger partial charge in [-0.15, -0.1) is 0 Å². The molecule has 1 aliphatic rings. The Morgan fingerprint density at radius 2 is 2.07 bits per heavy atom. The van der Waals surface area contributed by atoms with Crippen molar-refractivity contribution in [1.82, 2.24) is 0 Å². The van der Waals surface area contributed by atoms with Gasteiger partial charge >= 0.3 is 0 Å². The maximum Gasteiger partial charge on any atom is 0.153 e. The molecule has 0 spiro atoms. The third kappa shape index (κ3) is 1.78. The first kappa shape index (κ1) is 9.92. The summed E-state index contributed by atoms with van der Waals surface area (Å²) in [6, 6.07) is 12.0. The number of carbonyl (C=O) groups is 1. The average Bonchev–Trinajstić information content (AvgIpc) is 2.62. The van der Waals surface area contributed by atoms with Gasteiger partial charge in [-0.25, -0.2) is 0 Å². The van der Waals surface area contributed by atoms with Crippen LogP contribution in [0, 0.1) is 16.7 Å². The van der Waals surface area contributed by atoms with E-state index >= 15 is 0 Å². The number of hydrogen-bond donors (Lipinski definition) is 0. The van der Waals surface area contributed by atoms with Crippen LogP contribution in [0.5, 0.6) is 0 Å². The fraction of sp³-hybridized carbons (Fsp3) is 0.385. The van der Waals surface area contributed by atoms with Gasteiger partial charge in [0, 0.05) is 6.42 Å². The summed E-state index contributed by atoms with van der Waals surface area (Å²) in [6.45, 7) is 0. The molecule has 76 valence electrons. The van der Waals surface area contributed by atoms with E-state index in [9.17, 15) is 10.1 Å². The number of hydrogen-bond acceptors (Lipinski definition) is 2. The van der Waals surface area contributed by atoms with Gasteiger partial charge in [-0.3, -0.25) is 4.79 Å². The molecule has 2 nitrogen and oxygen atoms in total. The molecule has 1 aromatic rings. The van der Waals surface area contributed by atoms with E-state index in [1.807, 2.05) is 30.3 Å². The summed E-state index contributed by atoms with van der Waals surface area (Å²) in [5.74, 6) is 0.119. The van der Waals surface area contributed by atoms with E-state index in [2.05, 4.69) is 6.07 Å². The minimum atomic E-state index is -0.735. The molecule has 2 rings (SSSR count). The minimum Gasteiger partial charge on any atom is -0.298 e. The Morgan fingerprint density at radius 1 is 1.33 bits per heavy atom. The molecule has 0 amide bonds. The van der Waals surface area contributed by atoms with Crippen molar-refractivity contribution >= 4 is 5.78 Å². The molecule has 1 saturated carbocycles. The number of nitrogens with zero attached hydrogens (tertiary/aromatic N) is 1. The first-order valence-electron chi connectivity index (χ1n) is 5.25. The highest BCUT2D eigenvalue weighted by Gasteiger charge is 2.42. The van der Waals surface area contributed by atoms with E-state index in [0.717, 1.165) is 18.4 Å². The maximum absolute atomic E-state index is 11.7. The Morgan fingerprint density at radius 3 is 2.60 bits per heavy atom. The van der Waals surface area contributed by atoms with Gasteiger partial charge in [-0.05, 0) is 24.8 Å². The van der Waals surface area contributed by atoms with Crippen LogP contribution < -0.4 is 0 Å². The molecule has 1 aromatic carbocycles. The van der Waals surface area contributed by atoms with E-state index in [1.54, 1.807) is 0 Å². The van der Waals surface area contributed by atoms with Crippen molar-refractivity contribution in [3.8, 4) is 6.07 Å². The lowest BCUT2D eigenvalue weighted by molar-refractivity contribution is -0.123. The Kier molecular flexibility index (Phi) is 2.55. The average molecular weight is 199 g/mol. The molecule has 0 bridgehead atoms. The molecule has 0 aliphatic heterocycles. The second-order valence-corrected chi connectivity index (χ2v) is 4.13. The molecule has 0 N–H and O–H groups in total. The highest BCUT2D eigenvalue weighted by atomic mass is 16.1. The van der Waals surface area contributed by atoms with Gasteiger partial charge in [0.15, 0.2) is 5.78 Å². The van der Waals surface area contributed by atoms with Crippen molar-refractivity contribution in [2.24, 2.45) is 5.41 Å². The number of benzene rings is 1. The van der Waals surface area contributed by atoms with Crippen molar-refractivity contribution in [1.29, 1.82) is 5.26 Å². The molecule has 0 aromatic heterocycles. The summed E-state index contributed by atoms with van der Waals surface area (Å²) in [5, 5.41) is 9.18. The fourth-order valence-corrected chi connectivity index (χ4v) is 2.22. The van der Waals surface area contributed by atoms with Gasteiger partial charge in [0.1, 0.15) is 5.41 Å². The van der Waals surface area contributed by atoms with Crippen LogP contribution in [0.2, 0.25) is 0 Å². The van der Waals surface area contributed by atoms with Gasteiger partial charge in [-0.1, -0.05) is 30.3 Å². The molecule has 0 saturated heterocycles. The molecule has 0 radical (unpaired) electrons. The molecule has 2 heteroatoms. The van der Waals surface area contributed by atoms with Crippen LogP contribution in [0.3, 0.4) is 0 Å². The van der Waals surface area contributed by atoms with Crippen molar-refractivity contribution in [2.45, 2.75) is 25.7 Å². The van der Waals surface area contributed by atoms with E-state index in [0.29, 0.717) is 12.8 Å². The summed E-state index contributed by atoms with van der Waals surface area (Å²) in [5.41, 5.74) is 0.343. The number of nitriles is 1. The maximum atomic E-state index is 11.7. The third-order valence-corrected chi connectivity index (χ3v) is 3.10. The molecule has 1 unspecified atom stereocenters. The van der Waals surface area contributed by atoms with E-state index < -0.39 is 5.41 Å². The smallest absolute Gasteiger partial charge is 0.153 e. The molecular formula is C13H13NO. The standard InChI is InChI=1S/C13H13NO/c14-10-13(8-4-7-12(13)15)9-11-5-2-1-3-6-11/h1-3,5-6H,4,7-9H2. The zero-order valence-corrected chi connectivity index (χ0v) is 8.57. The summed E-state index contributed by atoms with van der Waals surface area (Å²) < 4.78 is 0. The number of Topliss-reactive ketones (excluding diaryl/α,β-unsaturated/α-hetero) is 1. The van der Waals surface area contributed by atoms with Crippen molar-refractivity contribution < 1.29 is 4.79 Å². The first-order valence-corrected chi connectivity index (χ1v) is 5.25. The molecule has 0 heterocycles. The predicted octanol–water partition coefficient (Wildman–Crippen LogP) is 2.49. The van der Waals surface area contributed by atoms with Crippen molar-refractivity contribution in [3.63, 3.8) is 0 Å². The highest BCUT2D eigenvalue weighted by molar-refractivity contribution is 5.89. The van der Waals surface area contributed by atoms with Crippen LogP contribution in [0.25, 0.3) is 0 Å². The van der Waals surface area contributed by atoms with Gasteiger partial charge in [-0.2, -0.15) is 5.26 Å². The van der Waals surface area contributed by atoms with E-state index in [4.69, 9.17) is 0 Å². The topological polar surface area (TPSA) is 40.9 Å². The van der Waals surface area contributed by atoms with Crippen LogP contribution in [0.1, 0.15) is 24.8 Å². The summed E-state index contributed by atoms with van der Waals surface area (Å²) in [6.07, 6.45) is 2.72. The molecule has 15 heavy (non-hydrogen) atoms. The van der Waals surface area contributed by atoms with Gasteiger partial charge in [0.05, 0.1) is 6.07 Å². The molecule has 1 atom stereocenters. The van der Waals surface area contributed by atoms with E-state index in [1.165, 1.54) is 0 Å². The monoisotopic (exact) mass is 199 g/mol. The van der Waals surface area contributed by atoms with Gasteiger partial charge in [0.2, 0.25) is 0 Å². The normalized spacial score (nSPS) is 25.1. The quantitative estimate of drug-likeness (QED) is 0.734. The lowest BCUT2D eigenvalue weighted by Crippen LogP contribution is -2.26. The van der Waals surface area contributed by atoms with E-state index in [-0.39, 0.29) is 5.78 Å². The Labute approximate surface area is 89.5 Å². The van der Waals surface area contributed by atoms with Gasteiger partial charge < -0.3 is 0 Å². The van der Waals surface area contributed by atoms with Crippen molar-refractivity contribution in [3.05, 3.63) is 35.9 Å². The molecule has 1 aliphatic carbocycles. The highest BCUT2D eigenvalue weighted by Crippen LogP contribution is 2.37. The lowest BCUT2D eigenvalue weighted by Gasteiger charge is -2.18. The number of carbonyl (C=O) groups excluding carboxylic acids is 1. The molecule has 1 fully saturated rings. The fourth-order valence-electron chi connectivity index (χ4n) is 2.22. The van der Waals surface area contributed by atoms with Crippen LogP contribution in [-0.4, -0.2) is 5.78 Å². The Hall–Kier alpha value is -1.62. The Bertz CT molecular complexity index is 404. The second kappa shape index (κ2) is 3.86. The van der Waals surface area contributed by atoms with Gasteiger partial charge in [0.25, 0.3) is 0 Å². The number of ketones is 1. The van der Waals surface area contributed by atoms with Crippen LogP contribution >= 0.6 is 0 Å². The summed E-state index contributed by atoms with van der Waals surface area (Å²) in [4.78, 5) is 11.7. The lowest BCUT2D eigenvalue weighted by atomic mass is 9.81.